The Kier molecular flexibility index (Phi) is 35.6. The Morgan fingerprint density at radius 3 is 1.50 bits per heavy atom. The number of carbonyl (C=O) groups is 13. The first-order valence-electron chi connectivity index (χ1n) is 37.6. The smallest absolute Gasteiger partial charge is 0.254 e. The second-order valence-electron chi connectivity index (χ2n) is 31.4. The molecule has 2 heterocycles. The lowest BCUT2D eigenvalue weighted by Gasteiger charge is -2.38. The van der Waals surface area contributed by atoms with Crippen molar-refractivity contribution >= 4 is 76.8 Å². The van der Waals surface area contributed by atoms with E-state index >= 15 is 33.6 Å². The molecule has 0 bridgehead atoms. The van der Waals surface area contributed by atoms with E-state index in [-0.39, 0.29) is 92.3 Å². The van der Waals surface area contributed by atoms with E-state index in [0.29, 0.717) is 37.1 Å². The number of aliphatic hydroxyl groups excluding tert-OH is 1. The summed E-state index contributed by atoms with van der Waals surface area (Å²) in [6, 6.07) is 0.0418. The SMILES string of the molecule is CNC(=O)c1ccc(CC[C@@H]2NC(=O)[C@H](CC(C)C)N(C)C(=O)CN(C)C(=O)[C@H]([C@@H](C)O)NC(=O)[C@H](CC(C)C)N(C)C(=O)[C@H](CC(C)C)NC(=O)[C@H](Cc3ccccc3)N(C)C(=O)[C@@H](C(C)C)NC(=O)C[C@@H](C(=O)N3CCCCC3)NC(=O)[C@H](CC(C)C)N(C)C(=O)[C@H](CC(C)C)N(C)C2=O)cc1OC. The zero-order valence-corrected chi connectivity index (χ0v) is 66.8. The number of aliphatic hydroxyl groups is 1. The van der Waals surface area contributed by atoms with Crippen molar-refractivity contribution in [3.63, 3.8) is 0 Å². The highest BCUT2D eigenvalue weighted by Crippen LogP contribution is 2.26. The molecule has 2 fully saturated rings. The van der Waals surface area contributed by atoms with E-state index in [9.17, 15) is 33.9 Å². The summed E-state index contributed by atoms with van der Waals surface area (Å²) >= 11 is 0. The van der Waals surface area contributed by atoms with E-state index < -0.39 is 162 Å². The average Bonchev–Trinajstić information content (AvgIpc) is 0.821. The molecule has 2 saturated heterocycles. The van der Waals surface area contributed by atoms with Crippen molar-refractivity contribution in [2.75, 3.05) is 76.1 Å². The first-order valence-corrected chi connectivity index (χ1v) is 37.6. The van der Waals surface area contributed by atoms with E-state index in [0.717, 1.165) is 16.2 Å². The van der Waals surface area contributed by atoms with E-state index in [1.54, 1.807) is 67.3 Å². The minimum absolute atomic E-state index is 0.0433. The number of rotatable bonds is 20. The molecule has 28 nitrogen and oxygen atoms in total. The lowest BCUT2D eigenvalue weighted by Crippen LogP contribution is -2.62. The zero-order chi connectivity index (χ0) is 79.9. The summed E-state index contributed by atoms with van der Waals surface area (Å²) < 4.78 is 5.60. The molecule has 2 aliphatic rings. The predicted octanol–water partition coefficient (Wildman–Crippen LogP) is 3.93. The van der Waals surface area contributed by atoms with Crippen LogP contribution < -0.4 is 36.6 Å². The Balaban J connectivity index is 2.01. The van der Waals surface area contributed by atoms with Crippen molar-refractivity contribution in [1.29, 1.82) is 0 Å². The van der Waals surface area contributed by atoms with Gasteiger partial charge in [-0.25, -0.2) is 0 Å². The fourth-order valence-electron chi connectivity index (χ4n) is 13.5. The second-order valence-corrected chi connectivity index (χ2v) is 31.4. The third-order valence-corrected chi connectivity index (χ3v) is 19.8. The molecule has 13 amide bonds. The van der Waals surface area contributed by atoms with Crippen molar-refractivity contribution in [1.82, 2.24) is 66.2 Å². The molecule has 592 valence electrons. The van der Waals surface area contributed by atoms with Crippen molar-refractivity contribution < 1.29 is 72.2 Å². The van der Waals surface area contributed by atoms with Crippen LogP contribution in [0.2, 0.25) is 0 Å². The minimum atomic E-state index is -1.68. The van der Waals surface area contributed by atoms with Gasteiger partial charge < -0.3 is 76.0 Å². The summed E-state index contributed by atoms with van der Waals surface area (Å²) in [5.41, 5.74) is 1.49. The van der Waals surface area contributed by atoms with Crippen molar-refractivity contribution in [2.45, 2.75) is 234 Å². The van der Waals surface area contributed by atoms with Gasteiger partial charge in [0.1, 0.15) is 66.2 Å². The van der Waals surface area contributed by atoms with Gasteiger partial charge in [-0.2, -0.15) is 0 Å². The highest BCUT2D eigenvalue weighted by atomic mass is 16.5. The Labute approximate surface area is 628 Å². The lowest BCUT2D eigenvalue weighted by molar-refractivity contribution is -0.151. The number of carbonyl (C=O) groups excluding carboxylic acids is 13. The monoisotopic (exact) mass is 1480 g/mol. The van der Waals surface area contributed by atoms with Gasteiger partial charge >= 0.3 is 0 Å². The van der Waals surface area contributed by atoms with Crippen LogP contribution in [0.25, 0.3) is 0 Å². The molecule has 0 spiro atoms. The molecule has 2 aromatic carbocycles. The summed E-state index contributed by atoms with van der Waals surface area (Å²) in [6.07, 6.45) is 0.174. The number of nitrogens with zero attached hydrogens (tertiary/aromatic N) is 7. The number of amides is 13. The van der Waals surface area contributed by atoms with Crippen LogP contribution in [0.3, 0.4) is 0 Å². The molecule has 0 radical (unpaired) electrons. The number of ether oxygens (including phenoxy) is 1. The molecule has 11 atom stereocenters. The van der Waals surface area contributed by atoms with Crippen LogP contribution in [-0.2, 0) is 70.4 Å². The normalized spacial score (nSPS) is 24.2. The van der Waals surface area contributed by atoms with Crippen LogP contribution in [0.5, 0.6) is 5.75 Å². The number of hydrogen-bond donors (Lipinski definition) is 7. The van der Waals surface area contributed by atoms with Crippen LogP contribution >= 0.6 is 0 Å². The van der Waals surface area contributed by atoms with Gasteiger partial charge in [0, 0.05) is 68.8 Å². The summed E-state index contributed by atoms with van der Waals surface area (Å²) in [5.74, 6) is -10.9. The minimum Gasteiger partial charge on any atom is -0.496 e. The number of methoxy groups -OCH3 is 1. The molecule has 28 heteroatoms. The first-order chi connectivity index (χ1) is 49.6. The van der Waals surface area contributed by atoms with Crippen LogP contribution in [0, 0.1) is 35.5 Å². The largest absolute Gasteiger partial charge is 0.496 e. The van der Waals surface area contributed by atoms with Gasteiger partial charge in [-0.15, -0.1) is 0 Å². The summed E-state index contributed by atoms with van der Waals surface area (Å²) in [6.45, 7) is 23.1. The zero-order valence-electron chi connectivity index (χ0n) is 66.8. The summed E-state index contributed by atoms with van der Waals surface area (Å²) in [7, 11) is 11.2. The van der Waals surface area contributed by atoms with Crippen LogP contribution in [0.4, 0.5) is 0 Å². The van der Waals surface area contributed by atoms with Crippen LogP contribution in [-0.4, -0.2) is 259 Å². The first kappa shape index (κ1) is 89.7. The number of hydrogen-bond acceptors (Lipinski definition) is 15. The van der Waals surface area contributed by atoms with Gasteiger partial charge in [0.15, 0.2) is 0 Å². The Morgan fingerprint density at radius 1 is 0.509 bits per heavy atom. The van der Waals surface area contributed by atoms with Crippen LogP contribution in [0.15, 0.2) is 48.5 Å². The molecule has 2 aromatic rings. The molecule has 7 N–H and O–H groups in total. The van der Waals surface area contributed by atoms with Gasteiger partial charge in [-0.05, 0) is 130 Å². The van der Waals surface area contributed by atoms with Gasteiger partial charge in [-0.1, -0.05) is 119 Å². The Hall–Kier alpha value is -8.69. The molecule has 4 rings (SSSR count). The highest BCUT2D eigenvalue weighted by Gasteiger charge is 2.44. The van der Waals surface area contributed by atoms with E-state index in [1.807, 2.05) is 69.2 Å². The molecular weight excluding hydrogens is 1360 g/mol. The van der Waals surface area contributed by atoms with Crippen molar-refractivity contribution in [3.05, 3.63) is 65.2 Å². The van der Waals surface area contributed by atoms with E-state index in [2.05, 4.69) is 31.9 Å². The number of likely N-dealkylation sites (N-methyl/N-ethyl adjacent to an activating group) is 6. The maximum absolute atomic E-state index is 15.6. The van der Waals surface area contributed by atoms with Crippen molar-refractivity contribution in [3.8, 4) is 5.75 Å². The number of piperidine rings is 1. The fraction of sp³-hybridized carbons (Fsp3) is 0.679. The average molecular weight is 1480 g/mol. The quantitative estimate of drug-likeness (QED) is 0.0988. The lowest BCUT2D eigenvalue weighted by atomic mass is 9.96. The molecule has 2 aliphatic heterocycles. The number of aryl methyl sites for hydroxylation is 1. The Bertz CT molecular complexity index is 3340. The molecular formula is C78H125N13O15. The third-order valence-electron chi connectivity index (χ3n) is 19.8. The molecule has 0 aliphatic carbocycles. The van der Waals surface area contributed by atoms with Crippen molar-refractivity contribution in [2.24, 2.45) is 35.5 Å². The van der Waals surface area contributed by atoms with Gasteiger partial charge in [0.2, 0.25) is 70.9 Å². The predicted molar refractivity (Wildman–Crippen MR) is 404 cm³/mol. The second kappa shape index (κ2) is 42.0. The van der Waals surface area contributed by atoms with E-state index in [1.165, 1.54) is 83.0 Å². The molecule has 0 aromatic heterocycles. The molecule has 106 heavy (non-hydrogen) atoms. The highest BCUT2D eigenvalue weighted by molar-refractivity contribution is 6.01. The van der Waals surface area contributed by atoms with E-state index in [4.69, 9.17) is 4.74 Å². The summed E-state index contributed by atoms with van der Waals surface area (Å²) in [4.78, 5) is 202. The molecule has 0 unspecified atom stereocenters. The third kappa shape index (κ3) is 25.8. The number of nitrogens with one attached hydrogen (secondary N) is 6. The maximum Gasteiger partial charge on any atom is 0.254 e. The standard InChI is InChI=1S/C78H125N13O15/c1-45(2)36-56-74(101)87(17)60(39-48(7)8)72(99)84-67(51(13)92)77(104)85(15)44-65(94)86(16)58(37-46(3)4)69(96)80-55(33-31-53-30-32-54(68(95)79-14)63(42-53)106-21)73(100)90(20)62(40-49(9)10)76(103)88(18)59(38-47(5)6)70(97)82-57(75(102)91-34-26-23-27-35-91)43-64(93)83-66(50(11)12)78(105)89(19)61(71(98)81-56)41-52-28-24-22-25-29-52/h22,24-25,28-30,32,42,45-51,55-62,66-67,92H,23,26-27,31,33-41,43-44H2,1-21H3,(H,79,95)(H,80,96)(H,81,98)(H,82,97)(H,83,93)(H,84,99)/t51-,55+,56+,57+,58+,59+,60+,61+,62+,66-,67+/m1/s1. The Morgan fingerprint density at radius 2 is 0.981 bits per heavy atom. The van der Waals surface area contributed by atoms with Gasteiger partial charge in [0.05, 0.1) is 31.7 Å². The molecule has 0 saturated carbocycles. The number of benzene rings is 2. The number of likely N-dealkylation sites (tertiary alicyclic amines) is 1. The maximum atomic E-state index is 15.6. The summed E-state index contributed by atoms with van der Waals surface area (Å²) in [5, 5.41) is 28.1. The van der Waals surface area contributed by atoms with Gasteiger partial charge in [-0.3, -0.25) is 62.3 Å². The topological polar surface area (TPSA) is 346 Å². The van der Waals surface area contributed by atoms with Crippen LogP contribution in [0.1, 0.15) is 176 Å². The fourth-order valence-corrected chi connectivity index (χ4v) is 13.5. The van der Waals surface area contributed by atoms with Gasteiger partial charge in [0.25, 0.3) is 5.91 Å².